The van der Waals surface area contributed by atoms with Crippen LogP contribution in [0.4, 0.5) is 0 Å². The van der Waals surface area contributed by atoms with Crippen molar-refractivity contribution >= 4 is 11.8 Å². The topological polar surface area (TPSA) is 93.3 Å². The maximum atomic E-state index is 13.0. The Hall–Kier alpha value is -3.42. The van der Waals surface area contributed by atoms with Crippen molar-refractivity contribution < 1.29 is 14.0 Å². The molecule has 3 aromatic rings. The first kappa shape index (κ1) is 18.9. The van der Waals surface area contributed by atoms with Crippen molar-refractivity contribution in [1.29, 1.82) is 0 Å². The zero-order valence-electron chi connectivity index (χ0n) is 16.2. The number of furan rings is 1. The summed E-state index contributed by atoms with van der Waals surface area (Å²) in [4.78, 5) is 27.3. The van der Waals surface area contributed by atoms with E-state index < -0.39 is 6.04 Å². The van der Waals surface area contributed by atoms with E-state index in [4.69, 9.17) is 4.42 Å². The molecule has 150 valence electrons. The van der Waals surface area contributed by atoms with Gasteiger partial charge in [0, 0.05) is 6.54 Å². The number of hydrogen-bond donors (Lipinski definition) is 1. The minimum absolute atomic E-state index is 0.189. The molecule has 1 aliphatic rings. The smallest absolute Gasteiger partial charge is 0.290 e. The van der Waals surface area contributed by atoms with E-state index in [1.54, 1.807) is 27.9 Å². The fraction of sp³-hybridized carbons (Fsp3) is 0.333. The molecule has 1 aromatic carbocycles. The highest BCUT2D eigenvalue weighted by atomic mass is 16.3. The zero-order valence-corrected chi connectivity index (χ0v) is 16.2. The van der Waals surface area contributed by atoms with Crippen molar-refractivity contribution in [1.82, 2.24) is 25.2 Å². The van der Waals surface area contributed by atoms with Crippen LogP contribution in [-0.2, 0) is 4.79 Å². The van der Waals surface area contributed by atoms with Gasteiger partial charge in [-0.3, -0.25) is 9.59 Å². The van der Waals surface area contributed by atoms with E-state index in [-0.39, 0.29) is 23.6 Å². The molecular formula is C21H23N5O3. The summed E-state index contributed by atoms with van der Waals surface area (Å²) in [7, 11) is 0. The van der Waals surface area contributed by atoms with Crippen molar-refractivity contribution in [3.8, 4) is 5.69 Å². The molecule has 2 atom stereocenters. The second-order valence-electron chi connectivity index (χ2n) is 7.14. The van der Waals surface area contributed by atoms with E-state index >= 15 is 0 Å². The number of piperidine rings is 1. The van der Waals surface area contributed by atoms with Crippen molar-refractivity contribution in [2.75, 3.05) is 6.54 Å². The van der Waals surface area contributed by atoms with Crippen LogP contribution in [0.3, 0.4) is 0 Å². The predicted molar refractivity (Wildman–Crippen MR) is 105 cm³/mol. The van der Waals surface area contributed by atoms with Crippen LogP contribution < -0.4 is 5.32 Å². The molecule has 1 saturated heterocycles. The maximum absolute atomic E-state index is 13.0. The van der Waals surface area contributed by atoms with Crippen LogP contribution in [0, 0.1) is 0 Å². The van der Waals surface area contributed by atoms with Gasteiger partial charge in [0.1, 0.15) is 11.7 Å². The summed E-state index contributed by atoms with van der Waals surface area (Å²) in [5, 5.41) is 11.3. The van der Waals surface area contributed by atoms with E-state index in [0.717, 1.165) is 18.5 Å². The Morgan fingerprint density at radius 2 is 2.00 bits per heavy atom. The van der Waals surface area contributed by atoms with Gasteiger partial charge in [-0.1, -0.05) is 23.4 Å². The number of carbonyl (C=O) groups excluding carboxylic acids is 2. The van der Waals surface area contributed by atoms with Gasteiger partial charge in [0.2, 0.25) is 5.91 Å². The van der Waals surface area contributed by atoms with Gasteiger partial charge >= 0.3 is 0 Å². The third-order valence-corrected chi connectivity index (χ3v) is 5.13. The van der Waals surface area contributed by atoms with E-state index in [0.29, 0.717) is 18.7 Å². The Labute approximate surface area is 168 Å². The minimum atomic E-state index is -0.520. The normalized spacial score (nSPS) is 17.7. The molecule has 3 heterocycles. The lowest BCUT2D eigenvalue weighted by Crippen LogP contribution is -2.52. The van der Waals surface area contributed by atoms with Crippen LogP contribution in [-0.4, -0.2) is 44.3 Å². The van der Waals surface area contributed by atoms with Gasteiger partial charge in [-0.05, 0) is 50.5 Å². The molecular weight excluding hydrogens is 370 g/mol. The summed E-state index contributed by atoms with van der Waals surface area (Å²) >= 11 is 0. The third-order valence-electron chi connectivity index (χ3n) is 5.13. The molecule has 1 N–H and O–H groups in total. The molecule has 2 unspecified atom stereocenters. The molecule has 8 heteroatoms. The average Bonchev–Trinajstić information content (AvgIpc) is 3.46. The summed E-state index contributed by atoms with van der Waals surface area (Å²) in [5.74, 6) is -0.188. The fourth-order valence-corrected chi connectivity index (χ4v) is 3.55. The molecule has 8 nitrogen and oxygen atoms in total. The number of carbonyl (C=O) groups is 2. The van der Waals surface area contributed by atoms with Crippen LogP contribution in [0.2, 0.25) is 0 Å². The van der Waals surface area contributed by atoms with Crippen molar-refractivity contribution in [2.45, 2.75) is 38.3 Å². The van der Waals surface area contributed by atoms with Crippen molar-refractivity contribution in [3.63, 3.8) is 0 Å². The second-order valence-corrected chi connectivity index (χ2v) is 7.14. The largest absolute Gasteiger partial charge is 0.459 e. The van der Waals surface area contributed by atoms with E-state index in [9.17, 15) is 9.59 Å². The Kier molecular flexibility index (Phi) is 5.41. The summed E-state index contributed by atoms with van der Waals surface area (Å²) in [5.41, 5.74) is 1.55. The highest BCUT2D eigenvalue weighted by molar-refractivity contribution is 5.95. The number of benzene rings is 1. The first-order chi connectivity index (χ1) is 14.1. The monoisotopic (exact) mass is 393 g/mol. The minimum Gasteiger partial charge on any atom is -0.459 e. The number of nitrogens with zero attached hydrogens (tertiary/aromatic N) is 4. The molecule has 4 rings (SSSR count). The standard InChI is InChI=1S/C21H23N5O3/c1-15(17-14-26(24-23-17)16-8-3-2-4-9-16)22-20(27)18-10-5-6-12-25(18)21(28)19-11-7-13-29-19/h2-4,7-9,11,13-15,18H,5-6,10,12H2,1H3,(H,22,27). The Bertz CT molecular complexity index is 967. The summed E-state index contributed by atoms with van der Waals surface area (Å²) in [6.45, 7) is 2.40. The van der Waals surface area contributed by atoms with Crippen molar-refractivity contribution in [3.05, 3.63) is 66.4 Å². The molecule has 0 spiro atoms. The molecule has 1 fully saturated rings. The highest BCUT2D eigenvalue weighted by Gasteiger charge is 2.34. The van der Waals surface area contributed by atoms with E-state index in [1.807, 2.05) is 37.3 Å². The molecule has 1 aliphatic heterocycles. The Balaban J connectivity index is 1.45. The second kappa shape index (κ2) is 8.30. The van der Waals surface area contributed by atoms with Gasteiger partial charge in [-0.2, -0.15) is 0 Å². The molecule has 0 radical (unpaired) electrons. The first-order valence-corrected chi connectivity index (χ1v) is 9.76. The van der Waals surface area contributed by atoms with Gasteiger partial charge in [0.15, 0.2) is 5.76 Å². The number of nitrogens with one attached hydrogen (secondary N) is 1. The van der Waals surface area contributed by atoms with E-state index in [1.165, 1.54) is 6.26 Å². The van der Waals surface area contributed by atoms with Gasteiger partial charge in [-0.25, -0.2) is 4.68 Å². The predicted octanol–water partition coefficient (Wildman–Crippen LogP) is 2.73. The van der Waals surface area contributed by atoms with Crippen LogP contribution in [0.5, 0.6) is 0 Å². The number of hydrogen-bond acceptors (Lipinski definition) is 5. The third kappa shape index (κ3) is 4.06. The average molecular weight is 393 g/mol. The Morgan fingerprint density at radius 1 is 1.17 bits per heavy atom. The lowest BCUT2D eigenvalue weighted by Gasteiger charge is -2.34. The number of aromatic nitrogens is 3. The molecule has 2 amide bonds. The van der Waals surface area contributed by atoms with Gasteiger partial charge in [0.25, 0.3) is 5.91 Å². The van der Waals surface area contributed by atoms with Gasteiger partial charge < -0.3 is 14.6 Å². The van der Waals surface area contributed by atoms with Crippen LogP contribution in [0.15, 0.2) is 59.3 Å². The van der Waals surface area contributed by atoms with Crippen molar-refractivity contribution in [2.24, 2.45) is 0 Å². The Morgan fingerprint density at radius 3 is 2.76 bits per heavy atom. The highest BCUT2D eigenvalue weighted by Crippen LogP contribution is 2.21. The number of rotatable bonds is 5. The number of amides is 2. The molecule has 2 aromatic heterocycles. The van der Waals surface area contributed by atoms with Crippen LogP contribution in [0.25, 0.3) is 5.69 Å². The number of para-hydroxylation sites is 1. The SMILES string of the molecule is CC(NC(=O)C1CCCCN1C(=O)c1ccco1)c1cn(-c2ccccc2)nn1. The van der Waals surface area contributed by atoms with Crippen LogP contribution in [0.1, 0.15) is 48.5 Å². The van der Waals surface area contributed by atoms with Crippen LogP contribution >= 0.6 is 0 Å². The quantitative estimate of drug-likeness (QED) is 0.719. The summed E-state index contributed by atoms with van der Waals surface area (Å²) in [6.07, 6.45) is 5.66. The lowest BCUT2D eigenvalue weighted by atomic mass is 10.0. The van der Waals surface area contributed by atoms with Gasteiger partial charge in [-0.15, -0.1) is 5.10 Å². The van der Waals surface area contributed by atoms with Gasteiger partial charge in [0.05, 0.1) is 24.2 Å². The molecule has 0 aliphatic carbocycles. The zero-order chi connectivity index (χ0) is 20.2. The molecule has 0 saturated carbocycles. The first-order valence-electron chi connectivity index (χ1n) is 9.76. The maximum Gasteiger partial charge on any atom is 0.290 e. The summed E-state index contributed by atoms with van der Waals surface area (Å²) in [6, 6.07) is 12.1. The van der Waals surface area contributed by atoms with E-state index in [2.05, 4.69) is 15.6 Å². The molecule has 29 heavy (non-hydrogen) atoms. The summed E-state index contributed by atoms with van der Waals surface area (Å²) < 4.78 is 6.90. The number of likely N-dealkylation sites (tertiary alicyclic amines) is 1. The molecule has 0 bridgehead atoms. The fourth-order valence-electron chi connectivity index (χ4n) is 3.55. The lowest BCUT2D eigenvalue weighted by molar-refractivity contribution is -0.127.